The van der Waals surface area contributed by atoms with Crippen LogP contribution in [0.1, 0.15) is 39.5 Å². The summed E-state index contributed by atoms with van der Waals surface area (Å²) in [4.78, 5) is 21.5. The predicted octanol–water partition coefficient (Wildman–Crippen LogP) is 3.28. The zero-order valence-electron chi connectivity index (χ0n) is 17.6. The van der Waals surface area contributed by atoms with E-state index < -0.39 is 4.93 Å². The first kappa shape index (κ1) is 23.1. The molecule has 1 aliphatic rings. The summed E-state index contributed by atoms with van der Waals surface area (Å²) in [6, 6.07) is 5.77. The molecule has 1 amide bonds. The van der Waals surface area contributed by atoms with Crippen LogP contribution in [0.25, 0.3) is 0 Å². The standard InChI is InChI=1S/C21H35N3O3S/c1-4-6-12-24(13-7-5-2)20(25)21(26-3,18-23-14-16-27-17-15-23)28-19-10-8-9-11-22-19/h8-11H,4-7,12-18H2,1-3H3. The molecule has 0 radical (unpaired) electrons. The Kier molecular flexibility index (Phi) is 10.3. The van der Waals surface area contributed by atoms with Crippen molar-refractivity contribution in [1.29, 1.82) is 0 Å². The number of carbonyl (C=O) groups is 1. The van der Waals surface area contributed by atoms with Crippen LogP contribution in [0.4, 0.5) is 0 Å². The Hall–Kier alpha value is -1.15. The lowest BCUT2D eigenvalue weighted by molar-refractivity contribution is -0.147. The maximum absolute atomic E-state index is 13.8. The van der Waals surface area contributed by atoms with Gasteiger partial charge in [-0.3, -0.25) is 9.69 Å². The van der Waals surface area contributed by atoms with E-state index in [1.165, 1.54) is 11.8 Å². The Bertz CT molecular complexity index is 561. The smallest absolute Gasteiger partial charge is 0.267 e. The molecule has 1 aromatic rings. The van der Waals surface area contributed by atoms with Gasteiger partial charge in [0.05, 0.1) is 18.2 Å². The van der Waals surface area contributed by atoms with Crippen molar-refractivity contribution in [3.05, 3.63) is 24.4 Å². The topological polar surface area (TPSA) is 54.9 Å². The minimum Gasteiger partial charge on any atom is -0.379 e. The van der Waals surface area contributed by atoms with Crippen molar-refractivity contribution in [3.8, 4) is 0 Å². The fourth-order valence-electron chi connectivity index (χ4n) is 3.22. The molecule has 1 atom stereocenters. The van der Waals surface area contributed by atoms with E-state index in [9.17, 15) is 4.79 Å². The van der Waals surface area contributed by atoms with E-state index in [-0.39, 0.29) is 5.91 Å². The summed E-state index contributed by atoms with van der Waals surface area (Å²) in [5.41, 5.74) is 0. The quantitative estimate of drug-likeness (QED) is 0.390. The van der Waals surface area contributed by atoms with E-state index in [0.717, 1.165) is 56.9 Å². The van der Waals surface area contributed by atoms with Crippen LogP contribution in [0.2, 0.25) is 0 Å². The largest absolute Gasteiger partial charge is 0.379 e. The number of aromatic nitrogens is 1. The monoisotopic (exact) mass is 409 g/mol. The van der Waals surface area contributed by atoms with Crippen molar-refractivity contribution >= 4 is 17.7 Å². The van der Waals surface area contributed by atoms with Gasteiger partial charge in [0.25, 0.3) is 5.91 Å². The molecule has 1 unspecified atom stereocenters. The number of morpholine rings is 1. The second kappa shape index (κ2) is 12.4. The molecule has 7 heteroatoms. The van der Waals surface area contributed by atoms with Crippen molar-refractivity contribution in [2.45, 2.75) is 49.5 Å². The fourth-order valence-corrected chi connectivity index (χ4v) is 4.37. The van der Waals surface area contributed by atoms with Crippen LogP contribution in [-0.2, 0) is 14.3 Å². The van der Waals surface area contributed by atoms with Gasteiger partial charge in [-0.05, 0) is 25.0 Å². The molecule has 1 fully saturated rings. The van der Waals surface area contributed by atoms with Crippen molar-refractivity contribution < 1.29 is 14.3 Å². The summed E-state index contributed by atoms with van der Waals surface area (Å²) in [7, 11) is 1.64. The molecule has 2 heterocycles. The Morgan fingerprint density at radius 2 is 1.93 bits per heavy atom. The third kappa shape index (κ3) is 6.72. The van der Waals surface area contributed by atoms with Gasteiger partial charge in [0.1, 0.15) is 0 Å². The second-order valence-electron chi connectivity index (χ2n) is 7.11. The van der Waals surface area contributed by atoms with Crippen molar-refractivity contribution in [1.82, 2.24) is 14.8 Å². The SMILES string of the molecule is CCCCN(CCCC)C(=O)C(CN1CCOCC1)(OC)Sc1ccccn1. The van der Waals surface area contributed by atoms with Crippen LogP contribution < -0.4 is 0 Å². The molecule has 2 rings (SSSR count). The zero-order valence-corrected chi connectivity index (χ0v) is 18.4. The Morgan fingerprint density at radius 3 is 2.46 bits per heavy atom. The summed E-state index contributed by atoms with van der Waals surface area (Å²) in [5.74, 6) is 0.0547. The number of rotatable bonds is 12. The zero-order chi connectivity index (χ0) is 20.2. The maximum atomic E-state index is 13.8. The van der Waals surface area contributed by atoms with Gasteiger partial charge in [0, 0.05) is 46.0 Å². The van der Waals surface area contributed by atoms with E-state index in [1.54, 1.807) is 13.3 Å². The minimum absolute atomic E-state index is 0.0547. The number of nitrogens with zero attached hydrogens (tertiary/aromatic N) is 3. The van der Waals surface area contributed by atoms with Crippen LogP contribution >= 0.6 is 11.8 Å². The van der Waals surface area contributed by atoms with Gasteiger partial charge >= 0.3 is 0 Å². The number of hydrogen-bond acceptors (Lipinski definition) is 6. The third-order valence-corrected chi connectivity index (χ3v) is 6.20. The highest BCUT2D eigenvalue weighted by molar-refractivity contribution is 8.01. The van der Waals surface area contributed by atoms with Crippen molar-refractivity contribution in [2.75, 3.05) is 53.0 Å². The number of pyridine rings is 1. The van der Waals surface area contributed by atoms with E-state index in [1.807, 2.05) is 23.1 Å². The summed E-state index contributed by atoms with van der Waals surface area (Å²) >= 11 is 1.43. The molecule has 158 valence electrons. The third-order valence-electron chi connectivity index (χ3n) is 4.95. The lowest BCUT2D eigenvalue weighted by Crippen LogP contribution is -2.56. The predicted molar refractivity (Wildman–Crippen MR) is 113 cm³/mol. The molecular weight excluding hydrogens is 374 g/mol. The molecule has 0 aliphatic carbocycles. The summed E-state index contributed by atoms with van der Waals surface area (Å²) in [5, 5.41) is 0.803. The highest BCUT2D eigenvalue weighted by Gasteiger charge is 2.44. The number of ether oxygens (including phenoxy) is 2. The first-order valence-electron chi connectivity index (χ1n) is 10.4. The Balaban J connectivity index is 2.27. The van der Waals surface area contributed by atoms with E-state index in [0.29, 0.717) is 19.8 Å². The van der Waals surface area contributed by atoms with Crippen molar-refractivity contribution in [3.63, 3.8) is 0 Å². The van der Waals surface area contributed by atoms with Gasteiger partial charge in [-0.1, -0.05) is 44.5 Å². The minimum atomic E-state index is -1.01. The van der Waals surface area contributed by atoms with Gasteiger partial charge in [0.15, 0.2) is 0 Å². The average Bonchev–Trinajstić information content (AvgIpc) is 2.74. The van der Waals surface area contributed by atoms with Crippen LogP contribution in [0.15, 0.2) is 29.4 Å². The van der Waals surface area contributed by atoms with Crippen molar-refractivity contribution in [2.24, 2.45) is 0 Å². The van der Waals surface area contributed by atoms with Gasteiger partial charge in [0.2, 0.25) is 4.93 Å². The number of hydrogen-bond donors (Lipinski definition) is 0. The molecule has 0 N–H and O–H groups in total. The van der Waals surface area contributed by atoms with Crippen LogP contribution in [0.3, 0.4) is 0 Å². The highest BCUT2D eigenvalue weighted by Crippen LogP contribution is 2.35. The molecule has 0 saturated carbocycles. The molecule has 6 nitrogen and oxygen atoms in total. The number of unbranched alkanes of at least 4 members (excludes halogenated alkanes) is 2. The molecule has 1 saturated heterocycles. The fraction of sp³-hybridized carbons (Fsp3) is 0.714. The maximum Gasteiger partial charge on any atom is 0.267 e. The van der Waals surface area contributed by atoms with Crippen LogP contribution in [-0.4, -0.2) is 78.7 Å². The summed E-state index contributed by atoms with van der Waals surface area (Å²) in [6.45, 7) is 9.39. The van der Waals surface area contributed by atoms with Crippen LogP contribution in [0.5, 0.6) is 0 Å². The summed E-state index contributed by atoms with van der Waals surface area (Å²) in [6.07, 6.45) is 5.88. The molecule has 1 aromatic heterocycles. The van der Waals surface area contributed by atoms with Gasteiger partial charge in [-0.2, -0.15) is 0 Å². The van der Waals surface area contributed by atoms with E-state index in [4.69, 9.17) is 9.47 Å². The number of carbonyl (C=O) groups excluding carboxylic acids is 1. The summed E-state index contributed by atoms with van der Waals surface area (Å²) < 4.78 is 11.5. The molecule has 0 spiro atoms. The van der Waals surface area contributed by atoms with Crippen LogP contribution in [0, 0.1) is 0 Å². The normalized spacial score (nSPS) is 17.2. The molecular formula is C21H35N3O3S. The average molecular weight is 410 g/mol. The molecule has 0 aromatic carbocycles. The first-order valence-corrected chi connectivity index (χ1v) is 11.2. The lowest BCUT2D eigenvalue weighted by Gasteiger charge is -2.39. The Morgan fingerprint density at radius 1 is 1.25 bits per heavy atom. The lowest BCUT2D eigenvalue weighted by atomic mass is 10.2. The first-order chi connectivity index (χ1) is 13.6. The second-order valence-corrected chi connectivity index (χ2v) is 8.40. The van der Waals surface area contributed by atoms with E-state index in [2.05, 4.69) is 23.7 Å². The number of amides is 1. The highest BCUT2D eigenvalue weighted by atomic mass is 32.2. The van der Waals surface area contributed by atoms with E-state index >= 15 is 0 Å². The molecule has 1 aliphatic heterocycles. The molecule has 28 heavy (non-hydrogen) atoms. The van der Waals surface area contributed by atoms with Gasteiger partial charge < -0.3 is 14.4 Å². The molecule has 0 bridgehead atoms. The number of thioether (sulfide) groups is 1. The Labute approximate surface area is 174 Å². The number of methoxy groups -OCH3 is 1. The van der Waals surface area contributed by atoms with Gasteiger partial charge in [-0.25, -0.2) is 4.98 Å². The van der Waals surface area contributed by atoms with Gasteiger partial charge in [-0.15, -0.1) is 0 Å².